The Labute approximate surface area is 122 Å². The molecule has 1 N–H and O–H groups in total. The van der Waals surface area contributed by atoms with Gasteiger partial charge in [0.2, 0.25) is 0 Å². The van der Waals surface area contributed by atoms with Crippen LogP contribution in [0.25, 0.3) is 0 Å². The molecule has 2 rings (SSSR count). The second-order valence-electron chi connectivity index (χ2n) is 4.48. The van der Waals surface area contributed by atoms with Crippen LogP contribution >= 0.6 is 23.2 Å². The maximum absolute atomic E-state index is 10.4. The molecule has 0 saturated carbocycles. The molecule has 1 aromatic carbocycles. The summed E-state index contributed by atoms with van der Waals surface area (Å²) in [6.45, 7) is 2.01. The van der Waals surface area contributed by atoms with Crippen LogP contribution in [0.2, 0.25) is 10.0 Å². The lowest BCUT2D eigenvalue weighted by atomic mass is 10.0. The minimum absolute atomic E-state index is 0.386. The molecule has 1 heterocycles. The molecule has 0 aliphatic heterocycles. The van der Waals surface area contributed by atoms with Gasteiger partial charge in [-0.25, -0.2) is 0 Å². The lowest BCUT2D eigenvalue weighted by molar-refractivity contribution is 0.177. The van der Waals surface area contributed by atoms with Crippen molar-refractivity contribution in [2.24, 2.45) is 7.05 Å². The highest BCUT2D eigenvalue weighted by molar-refractivity contribution is 6.35. The second kappa shape index (κ2) is 5.95. The van der Waals surface area contributed by atoms with Crippen molar-refractivity contribution in [3.8, 4) is 0 Å². The van der Waals surface area contributed by atoms with E-state index in [1.807, 2.05) is 20.2 Å². The van der Waals surface area contributed by atoms with Gasteiger partial charge in [0.05, 0.1) is 11.8 Å². The van der Waals surface area contributed by atoms with E-state index in [2.05, 4.69) is 5.10 Å². The first-order chi connectivity index (χ1) is 9.02. The Balaban J connectivity index is 2.28. The first-order valence-corrected chi connectivity index (χ1v) is 6.91. The van der Waals surface area contributed by atoms with E-state index in [4.69, 9.17) is 23.2 Å². The molecule has 1 unspecified atom stereocenters. The molecule has 0 aliphatic rings. The smallest absolute Gasteiger partial charge is 0.0864 e. The Morgan fingerprint density at radius 2 is 1.95 bits per heavy atom. The lowest BCUT2D eigenvalue weighted by Crippen LogP contribution is -2.04. The molecule has 1 aromatic heterocycles. The van der Waals surface area contributed by atoms with Gasteiger partial charge in [-0.1, -0.05) is 36.2 Å². The average Bonchev–Trinajstić information content (AvgIpc) is 2.75. The number of aliphatic hydroxyl groups is 1. The zero-order valence-corrected chi connectivity index (χ0v) is 12.4. The number of halogens is 2. The maximum atomic E-state index is 10.4. The molecule has 1 atom stereocenters. The molecule has 0 amide bonds. The molecule has 102 valence electrons. The molecule has 0 bridgehead atoms. The molecule has 2 aromatic rings. The fourth-order valence-electron chi connectivity index (χ4n) is 2.14. The summed E-state index contributed by atoms with van der Waals surface area (Å²) in [5, 5.41) is 15.9. The van der Waals surface area contributed by atoms with Crippen LogP contribution in [-0.4, -0.2) is 14.9 Å². The summed E-state index contributed by atoms with van der Waals surface area (Å²) < 4.78 is 1.71. The molecule has 0 spiro atoms. The van der Waals surface area contributed by atoms with Crippen molar-refractivity contribution in [2.75, 3.05) is 0 Å². The Morgan fingerprint density at radius 1 is 1.32 bits per heavy atom. The summed E-state index contributed by atoms with van der Waals surface area (Å²) in [7, 11) is 1.85. The third-order valence-corrected chi connectivity index (χ3v) is 3.80. The van der Waals surface area contributed by atoms with E-state index >= 15 is 0 Å². The first-order valence-electron chi connectivity index (χ1n) is 6.16. The third kappa shape index (κ3) is 3.11. The summed E-state index contributed by atoms with van der Waals surface area (Å²) in [5.74, 6) is 0. The van der Waals surface area contributed by atoms with E-state index < -0.39 is 6.10 Å². The molecular formula is C14H16Cl2N2O. The van der Waals surface area contributed by atoms with E-state index in [9.17, 15) is 5.11 Å². The number of aryl methyl sites for hydroxylation is 2. The number of hydrogen-bond donors (Lipinski definition) is 1. The Hall–Kier alpha value is -1.03. The number of nitrogens with zero attached hydrogens (tertiary/aromatic N) is 2. The molecule has 19 heavy (non-hydrogen) atoms. The number of benzene rings is 1. The SMILES string of the molecule is CCc1nn(C)cc1C(O)Cc1c(Cl)cccc1Cl. The zero-order chi connectivity index (χ0) is 14.0. The molecule has 0 fully saturated rings. The fourth-order valence-corrected chi connectivity index (χ4v) is 2.69. The summed E-state index contributed by atoms with van der Waals surface area (Å²) in [5.41, 5.74) is 2.50. The van der Waals surface area contributed by atoms with Gasteiger partial charge in [-0.15, -0.1) is 0 Å². The quantitative estimate of drug-likeness (QED) is 0.937. The largest absolute Gasteiger partial charge is 0.388 e. The maximum Gasteiger partial charge on any atom is 0.0864 e. The third-order valence-electron chi connectivity index (χ3n) is 3.09. The molecule has 3 nitrogen and oxygen atoms in total. The van der Waals surface area contributed by atoms with E-state index in [0.717, 1.165) is 23.2 Å². The number of hydrogen-bond acceptors (Lipinski definition) is 2. The second-order valence-corrected chi connectivity index (χ2v) is 5.29. The normalized spacial score (nSPS) is 12.7. The first kappa shape index (κ1) is 14.4. The topological polar surface area (TPSA) is 38.0 Å². The average molecular weight is 299 g/mol. The predicted molar refractivity (Wildman–Crippen MR) is 77.7 cm³/mol. The fraction of sp³-hybridized carbons (Fsp3) is 0.357. The van der Waals surface area contributed by atoms with Gasteiger partial charge in [-0.3, -0.25) is 4.68 Å². The van der Waals surface area contributed by atoms with Crippen molar-refractivity contribution in [3.63, 3.8) is 0 Å². The highest BCUT2D eigenvalue weighted by atomic mass is 35.5. The van der Waals surface area contributed by atoms with Crippen LogP contribution in [0.4, 0.5) is 0 Å². The van der Waals surface area contributed by atoms with Crippen molar-refractivity contribution in [3.05, 3.63) is 51.3 Å². The lowest BCUT2D eigenvalue weighted by Gasteiger charge is -2.13. The van der Waals surface area contributed by atoms with Crippen molar-refractivity contribution in [1.29, 1.82) is 0 Å². The zero-order valence-electron chi connectivity index (χ0n) is 10.9. The monoisotopic (exact) mass is 298 g/mol. The summed E-state index contributed by atoms with van der Waals surface area (Å²) >= 11 is 12.2. The highest BCUT2D eigenvalue weighted by Crippen LogP contribution is 2.30. The molecular weight excluding hydrogens is 283 g/mol. The van der Waals surface area contributed by atoms with Crippen LogP contribution in [0.15, 0.2) is 24.4 Å². The van der Waals surface area contributed by atoms with Crippen LogP contribution in [-0.2, 0) is 19.9 Å². The van der Waals surface area contributed by atoms with Gasteiger partial charge >= 0.3 is 0 Å². The Bertz CT molecular complexity index is 561. The van der Waals surface area contributed by atoms with E-state index in [0.29, 0.717) is 16.5 Å². The Morgan fingerprint density at radius 3 is 2.53 bits per heavy atom. The van der Waals surface area contributed by atoms with Crippen LogP contribution in [0.1, 0.15) is 29.8 Å². The van der Waals surface area contributed by atoms with Crippen LogP contribution in [0, 0.1) is 0 Å². The molecule has 0 saturated heterocycles. The van der Waals surface area contributed by atoms with E-state index in [1.165, 1.54) is 0 Å². The summed E-state index contributed by atoms with van der Waals surface area (Å²) in [6, 6.07) is 5.35. The van der Waals surface area contributed by atoms with Gasteiger partial charge < -0.3 is 5.11 Å². The van der Waals surface area contributed by atoms with Gasteiger partial charge in [-0.2, -0.15) is 5.10 Å². The van der Waals surface area contributed by atoms with Gasteiger partial charge in [0.25, 0.3) is 0 Å². The Kier molecular flexibility index (Phi) is 4.50. The molecule has 0 aliphatic carbocycles. The van der Waals surface area contributed by atoms with Crippen LogP contribution in [0.3, 0.4) is 0 Å². The number of rotatable bonds is 4. The van der Waals surface area contributed by atoms with E-state index in [1.54, 1.807) is 22.9 Å². The van der Waals surface area contributed by atoms with Crippen molar-refractivity contribution in [1.82, 2.24) is 9.78 Å². The van der Waals surface area contributed by atoms with Gasteiger partial charge in [0, 0.05) is 35.3 Å². The van der Waals surface area contributed by atoms with Crippen LogP contribution < -0.4 is 0 Å². The van der Waals surface area contributed by atoms with Crippen molar-refractivity contribution < 1.29 is 5.11 Å². The van der Waals surface area contributed by atoms with Gasteiger partial charge in [0.15, 0.2) is 0 Å². The van der Waals surface area contributed by atoms with Gasteiger partial charge in [0.1, 0.15) is 0 Å². The standard InChI is InChI=1S/C14H16Cl2N2O/c1-3-13-10(8-18(2)17-13)14(19)7-9-11(15)5-4-6-12(9)16/h4-6,8,14,19H,3,7H2,1-2H3. The van der Waals surface area contributed by atoms with Gasteiger partial charge in [-0.05, 0) is 24.1 Å². The highest BCUT2D eigenvalue weighted by Gasteiger charge is 2.18. The van der Waals surface area contributed by atoms with Crippen molar-refractivity contribution in [2.45, 2.75) is 25.9 Å². The molecule has 0 radical (unpaired) electrons. The predicted octanol–water partition coefficient (Wildman–Crippen LogP) is 3.57. The summed E-state index contributed by atoms with van der Waals surface area (Å²) in [4.78, 5) is 0. The van der Waals surface area contributed by atoms with E-state index in [-0.39, 0.29) is 0 Å². The minimum atomic E-state index is -0.652. The van der Waals surface area contributed by atoms with Crippen molar-refractivity contribution >= 4 is 23.2 Å². The number of aromatic nitrogens is 2. The minimum Gasteiger partial charge on any atom is -0.388 e. The molecule has 5 heteroatoms. The summed E-state index contributed by atoms with van der Waals surface area (Å²) in [6.07, 6.45) is 2.36. The number of aliphatic hydroxyl groups excluding tert-OH is 1. The van der Waals surface area contributed by atoms with Crippen LogP contribution in [0.5, 0.6) is 0 Å².